The van der Waals surface area contributed by atoms with Gasteiger partial charge in [-0.05, 0) is 137 Å². The summed E-state index contributed by atoms with van der Waals surface area (Å²) >= 11 is 0. The minimum Gasteiger partial charge on any atom is -0.437 e. The van der Waals surface area contributed by atoms with Gasteiger partial charge in [0.1, 0.15) is 6.10 Å². The molecule has 12 nitrogen and oxygen atoms in total. The van der Waals surface area contributed by atoms with Crippen LogP contribution in [-0.2, 0) is 50.6 Å². The molecule has 6 unspecified atom stereocenters. The lowest BCUT2D eigenvalue weighted by Gasteiger charge is -2.42. The molecule has 0 aromatic carbocycles. The molecule has 288 valence electrons. The highest BCUT2D eigenvalue weighted by molar-refractivity contribution is 6.90. The highest BCUT2D eigenvalue weighted by Crippen LogP contribution is 2.27. The van der Waals surface area contributed by atoms with E-state index in [1.54, 1.807) is 0 Å². The van der Waals surface area contributed by atoms with Crippen molar-refractivity contribution in [3.63, 3.8) is 0 Å². The molecule has 1 aliphatic rings. The summed E-state index contributed by atoms with van der Waals surface area (Å²) in [5.41, 5.74) is 0. The van der Waals surface area contributed by atoms with Crippen LogP contribution in [0.1, 0.15) is 6.42 Å². The summed E-state index contributed by atoms with van der Waals surface area (Å²) in [5, 5.41) is 0. The topological polar surface area (TPSA) is 114 Å². The molecule has 0 aromatic rings. The minimum atomic E-state index is -2.57. The van der Waals surface area contributed by atoms with E-state index in [1.807, 2.05) is 13.1 Å². The van der Waals surface area contributed by atoms with Gasteiger partial charge in [0.15, 0.2) is 16.6 Å². The monoisotopic (exact) mass is 872 g/mol. The maximum Gasteiger partial charge on any atom is 0.315 e. The van der Waals surface area contributed by atoms with Crippen LogP contribution in [0.3, 0.4) is 0 Å². The molecule has 1 fully saturated rings. The average Bonchev–Trinajstić information content (AvgIpc) is 3.56. The van der Waals surface area contributed by atoms with Gasteiger partial charge in [0.05, 0.1) is 13.2 Å². The molecule has 48 heavy (non-hydrogen) atoms. The summed E-state index contributed by atoms with van der Waals surface area (Å²) in [5.74, 6) is 0. The first-order valence-corrected chi connectivity index (χ1v) is 46.4. The quantitative estimate of drug-likeness (QED) is 0.0586. The summed E-state index contributed by atoms with van der Waals surface area (Å²) in [6.07, 6.45) is 1.19. The first-order valence-electron chi connectivity index (χ1n) is 17.4. The maximum atomic E-state index is 6.65. The average molecular weight is 874 g/mol. The molecule has 1 rings (SSSR count). The highest BCUT2D eigenvalue weighted by atomic mass is 28.5. The molecule has 6 atom stereocenters. The summed E-state index contributed by atoms with van der Waals surface area (Å²) in [4.78, 5) is 0. The van der Waals surface area contributed by atoms with Gasteiger partial charge in [-0.1, -0.05) is 0 Å². The standard InChI is InChI=1S/C25H72O12Si11/c1-38(28-39(2)30-41(4)32-48(19,34-43(8,9)10)22-20-21-26-23-25-24-27-25)29-40(3)31-44(11,12)35-46(15,16)37-47(17,18)36-45(13,14)33-42(5,6)7/h25,38-41H,20-24H2,1-19H3. The van der Waals surface area contributed by atoms with Crippen molar-refractivity contribution in [3.05, 3.63) is 0 Å². The second kappa shape index (κ2) is 19.5. The maximum absolute atomic E-state index is 6.65. The van der Waals surface area contributed by atoms with Crippen molar-refractivity contribution in [1.82, 2.24) is 0 Å². The molecule has 0 amide bonds. The number of ether oxygens (including phenoxy) is 2. The lowest BCUT2D eigenvalue weighted by atomic mass is 10.5. The van der Waals surface area contributed by atoms with Crippen molar-refractivity contribution in [2.24, 2.45) is 0 Å². The van der Waals surface area contributed by atoms with Gasteiger partial charge >= 0.3 is 42.8 Å². The van der Waals surface area contributed by atoms with E-state index in [4.69, 9.17) is 50.6 Å². The third kappa shape index (κ3) is 24.3. The van der Waals surface area contributed by atoms with Crippen LogP contribution in [0.4, 0.5) is 0 Å². The Morgan fingerprint density at radius 1 is 0.521 bits per heavy atom. The number of epoxide rings is 1. The predicted molar refractivity (Wildman–Crippen MR) is 221 cm³/mol. The number of hydrogen-bond acceptors (Lipinski definition) is 12. The second-order valence-electron chi connectivity index (χ2n) is 16.5. The van der Waals surface area contributed by atoms with Crippen molar-refractivity contribution in [1.29, 1.82) is 0 Å². The first-order chi connectivity index (χ1) is 21.4. The van der Waals surface area contributed by atoms with Gasteiger partial charge in [-0.25, -0.2) is 0 Å². The highest BCUT2D eigenvalue weighted by Gasteiger charge is 2.46. The normalized spacial score (nSPS) is 20.7. The van der Waals surface area contributed by atoms with Crippen LogP contribution in [0, 0.1) is 0 Å². The van der Waals surface area contributed by atoms with Gasteiger partial charge < -0.3 is 50.6 Å². The zero-order valence-corrected chi connectivity index (χ0v) is 45.4. The molecular weight excluding hydrogens is 801 g/mol. The Morgan fingerprint density at radius 3 is 1.35 bits per heavy atom. The predicted octanol–water partition coefficient (Wildman–Crippen LogP) is 5.91. The first kappa shape index (κ1) is 47.9. The largest absolute Gasteiger partial charge is 0.437 e. The van der Waals surface area contributed by atoms with Crippen LogP contribution in [0.15, 0.2) is 0 Å². The molecule has 1 saturated heterocycles. The third-order valence-electron chi connectivity index (χ3n) is 6.19. The van der Waals surface area contributed by atoms with E-state index in [-0.39, 0.29) is 6.10 Å². The SMILES string of the molecule is C[SiH](O[SiH](C)O[SiH](C)O[Si](C)(CCCOCC1CO1)O[Si](C)(C)C)O[SiH](C)O[Si](C)(C)O[Si](C)(C)O[Si](C)(C)O[Si](C)(C)O[Si](C)(C)C. The Balaban J connectivity index is 2.60. The van der Waals surface area contributed by atoms with E-state index in [1.165, 1.54) is 0 Å². The summed E-state index contributed by atoms with van der Waals surface area (Å²) in [6.45, 7) is 42.4. The fourth-order valence-corrected chi connectivity index (χ4v) is 51.4. The van der Waals surface area contributed by atoms with E-state index in [0.29, 0.717) is 13.2 Å². The van der Waals surface area contributed by atoms with E-state index in [2.05, 4.69) is 111 Å². The van der Waals surface area contributed by atoms with E-state index < -0.39 is 96.6 Å². The van der Waals surface area contributed by atoms with Gasteiger partial charge in [-0.2, -0.15) is 0 Å². The lowest BCUT2D eigenvalue weighted by molar-refractivity contribution is 0.116. The van der Waals surface area contributed by atoms with Crippen molar-refractivity contribution < 1.29 is 50.6 Å². The molecule has 1 aliphatic heterocycles. The van der Waals surface area contributed by atoms with Crippen LogP contribution >= 0.6 is 0 Å². The van der Waals surface area contributed by atoms with Crippen molar-refractivity contribution in [3.8, 4) is 0 Å². The zero-order valence-electron chi connectivity index (χ0n) is 33.8. The van der Waals surface area contributed by atoms with Crippen LogP contribution in [-0.4, -0.2) is 122 Å². The van der Waals surface area contributed by atoms with Gasteiger partial charge in [-0.3, -0.25) is 0 Å². The second-order valence-corrected chi connectivity index (χ2v) is 52.7. The van der Waals surface area contributed by atoms with E-state index in [9.17, 15) is 0 Å². The zero-order chi connectivity index (χ0) is 37.4. The summed E-state index contributed by atoms with van der Waals surface area (Å²) in [6, 6.07) is 0.876. The Kier molecular flexibility index (Phi) is 19.4. The Labute approximate surface area is 308 Å². The fraction of sp³-hybridized carbons (Fsp3) is 1.00. The summed E-state index contributed by atoms with van der Waals surface area (Å²) < 4.78 is 76.2. The molecule has 0 saturated carbocycles. The molecule has 1 heterocycles. The van der Waals surface area contributed by atoms with Gasteiger partial charge in [-0.15, -0.1) is 0 Å². The molecule has 0 spiro atoms. The molecule has 0 aromatic heterocycles. The van der Waals surface area contributed by atoms with Crippen molar-refractivity contribution >= 4 is 96.6 Å². The summed E-state index contributed by atoms with van der Waals surface area (Å²) in [7, 11) is -23.9. The van der Waals surface area contributed by atoms with Crippen molar-refractivity contribution in [2.75, 3.05) is 19.8 Å². The Hall–Kier alpha value is 1.91. The van der Waals surface area contributed by atoms with Crippen LogP contribution in [0.25, 0.3) is 0 Å². The van der Waals surface area contributed by atoms with Crippen LogP contribution in [0.2, 0.25) is 130 Å². The smallest absolute Gasteiger partial charge is 0.315 e. The van der Waals surface area contributed by atoms with Crippen LogP contribution < -0.4 is 0 Å². The number of hydrogen-bond donors (Lipinski definition) is 0. The van der Waals surface area contributed by atoms with Gasteiger partial charge in [0.2, 0.25) is 0 Å². The van der Waals surface area contributed by atoms with Gasteiger partial charge in [0.25, 0.3) is 37.1 Å². The molecule has 0 N–H and O–H groups in total. The fourth-order valence-electron chi connectivity index (χ4n) is 5.94. The molecule has 23 heteroatoms. The minimum absolute atomic E-state index is 0.284. The lowest BCUT2D eigenvalue weighted by Crippen LogP contribution is -2.59. The Bertz CT molecular complexity index is 951. The molecular formula is C25H72O12Si11. The molecule has 0 bridgehead atoms. The van der Waals surface area contributed by atoms with Crippen LogP contribution in [0.5, 0.6) is 0 Å². The van der Waals surface area contributed by atoms with Gasteiger partial charge in [0, 0.05) is 6.61 Å². The van der Waals surface area contributed by atoms with E-state index in [0.717, 1.165) is 19.1 Å². The van der Waals surface area contributed by atoms with Crippen molar-refractivity contribution in [2.45, 2.75) is 143 Å². The van der Waals surface area contributed by atoms with E-state index >= 15 is 0 Å². The molecule has 0 aliphatic carbocycles. The third-order valence-corrected chi connectivity index (χ3v) is 44.0. The Morgan fingerprint density at radius 2 is 0.917 bits per heavy atom. The molecule has 0 radical (unpaired) electrons. The number of rotatable bonds is 26.